The Hall–Kier alpha value is -2.94. The quantitative estimate of drug-likeness (QED) is 0.412. The molecule has 1 saturated heterocycles. The Bertz CT molecular complexity index is 1100. The number of para-hydroxylation sites is 1. The predicted molar refractivity (Wildman–Crippen MR) is 135 cm³/mol. The van der Waals surface area contributed by atoms with E-state index in [1.165, 1.54) is 0 Å². The van der Waals surface area contributed by atoms with Gasteiger partial charge in [0.2, 0.25) is 0 Å². The largest absolute Gasteiger partial charge is 0.478 e. The van der Waals surface area contributed by atoms with Crippen molar-refractivity contribution in [1.82, 2.24) is 20.2 Å². The van der Waals surface area contributed by atoms with E-state index in [2.05, 4.69) is 28.3 Å². The van der Waals surface area contributed by atoms with Crippen molar-refractivity contribution < 1.29 is 19.4 Å². The number of hydrogen-bond donors (Lipinski definition) is 3. The summed E-state index contributed by atoms with van der Waals surface area (Å²) in [5, 5.41) is 14.9. The van der Waals surface area contributed by atoms with Crippen molar-refractivity contribution in [3.8, 4) is 5.75 Å². The molecule has 2 aromatic heterocycles. The topological polar surface area (TPSA) is 99.7 Å². The van der Waals surface area contributed by atoms with Crippen molar-refractivity contribution in [3.63, 3.8) is 0 Å². The molecule has 1 aromatic carbocycles. The van der Waals surface area contributed by atoms with Crippen LogP contribution in [0.3, 0.4) is 0 Å². The van der Waals surface area contributed by atoms with Crippen LogP contribution in [-0.2, 0) is 16.0 Å². The second kappa shape index (κ2) is 11.7. The maximum atomic E-state index is 13.2. The van der Waals surface area contributed by atoms with Gasteiger partial charge in [0.15, 0.2) is 6.10 Å². The van der Waals surface area contributed by atoms with Gasteiger partial charge in [-0.05, 0) is 37.0 Å². The van der Waals surface area contributed by atoms with E-state index in [1.54, 1.807) is 12.4 Å². The van der Waals surface area contributed by atoms with Gasteiger partial charge in [0.05, 0.1) is 24.8 Å². The summed E-state index contributed by atoms with van der Waals surface area (Å²) in [6.07, 6.45) is 5.01. The number of aliphatic hydroxyl groups excluding tert-OH is 1. The third-order valence-electron chi connectivity index (χ3n) is 6.44. The number of nitrogens with one attached hydrogen (secondary N) is 2. The van der Waals surface area contributed by atoms with Crippen LogP contribution in [0.15, 0.2) is 48.9 Å². The Morgan fingerprint density at radius 3 is 2.74 bits per heavy atom. The van der Waals surface area contributed by atoms with Gasteiger partial charge in [-0.2, -0.15) is 0 Å². The number of morpholine rings is 1. The molecule has 1 aliphatic heterocycles. The van der Waals surface area contributed by atoms with Crippen molar-refractivity contribution in [2.75, 3.05) is 32.8 Å². The van der Waals surface area contributed by atoms with Gasteiger partial charge in [-0.1, -0.05) is 32.0 Å². The van der Waals surface area contributed by atoms with Gasteiger partial charge in [-0.25, -0.2) is 0 Å². The van der Waals surface area contributed by atoms with Gasteiger partial charge in [0.1, 0.15) is 5.75 Å². The highest BCUT2D eigenvalue weighted by atomic mass is 16.5. The van der Waals surface area contributed by atoms with E-state index < -0.39 is 12.2 Å². The molecule has 3 atom stereocenters. The molecule has 0 bridgehead atoms. The van der Waals surface area contributed by atoms with Crippen LogP contribution in [0, 0.1) is 5.92 Å². The number of hydrogen-bond acceptors (Lipinski definition) is 6. The maximum absolute atomic E-state index is 13.2. The summed E-state index contributed by atoms with van der Waals surface area (Å²) >= 11 is 0. The third kappa shape index (κ3) is 6.20. The standard InChI is InChI=1S/C27H36N4O4/c1-18(2)26(27(33)31-10-12-34-13-11-31)35-24-8-4-7-22-21(16-30-25(22)24)14-19(3)29-17-23(32)20-6-5-9-28-15-20/h4-9,15-16,18-19,23,26,29-30,32H,10-14,17H2,1-3H3/t19-,23+,26?/m1/s1. The number of rotatable bonds is 10. The van der Waals surface area contributed by atoms with Crippen molar-refractivity contribution in [3.05, 3.63) is 60.0 Å². The van der Waals surface area contributed by atoms with Crippen molar-refractivity contribution in [2.24, 2.45) is 5.92 Å². The minimum Gasteiger partial charge on any atom is -0.478 e. The summed E-state index contributed by atoms with van der Waals surface area (Å²) in [6, 6.07) is 9.80. The molecule has 0 saturated carbocycles. The lowest BCUT2D eigenvalue weighted by Crippen LogP contribution is -2.49. The van der Waals surface area contributed by atoms with Gasteiger partial charge in [-0.15, -0.1) is 0 Å². The molecular weight excluding hydrogens is 444 g/mol. The highest BCUT2D eigenvalue weighted by Gasteiger charge is 2.30. The Morgan fingerprint density at radius 2 is 2.03 bits per heavy atom. The number of carbonyl (C=O) groups is 1. The average Bonchev–Trinajstić information content (AvgIpc) is 3.29. The first-order valence-corrected chi connectivity index (χ1v) is 12.4. The number of ether oxygens (including phenoxy) is 2. The van der Waals surface area contributed by atoms with Gasteiger partial charge in [-0.3, -0.25) is 9.78 Å². The lowest BCUT2D eigenvalue weighted by atomic mass is 10.0. The Labute approximate surface area is 206 Å². The number of pyridine rings is 1. The van der Waals surface area contributed by atoms with Crippen molar-refractivity contribution in [1.29, 1.82) is 0 Å². The zero-order valence-electron chi connectivity index (χ0n) is 20.7. The van der Waals surface area contributed by atoms with Gasteiger partial charge in [0.25, 0.3) is 5.91 Å². The summed E-state index contributed by atoms with van der Waals surface area (Å²) in [4.78, 5) is 22.4. The zero-order valence-corrected chi connectivity index (χ0v) is 20.7. The first-order valence-electron chi connectivity index (χ1n) is 12.4. The summed E-state index contributed by atoms with van der Waals surface area (Å²) in [5.41, 5.74) is 2.85. The van der Waals surface area contributed by atoms with Crippen molar-refractivity contribution in [2.45, 2.75) is 45.4 Å². The highest BCUT2D eigenvalue weighted by molar-refractivity contribution is 5.89. The molecule has 1 unspecified atom stereocenters. The fourth-order valence-corrected chi connectivity index (χ4v) is 4.43. The summed E-state index contributed by atoms with van der Waals surface area (Å²) in [7, 11) is 0. The normalized spacial score (nSPS) is 16.9. The molecule has 3 N–H and O–H groups in total. The first kappa shape index (κ1) is 25.2. The van der Waals surface area contributed by atoms with Crippen molar-refractivity contribution >= 4 is 16.8 Å². The van der Waals surface area contributed by atoms with E-state index in [-0.39, 0.29) is 17.9 Å². The van der Waals surface area contributed by atoms with Crippen LogP contribution in [0.25, 0.3) is 10.9 Å². The zero-order chi connectivity index (χ0) is 24.8. The lowest BCUT2D eigenvalue weighted by Gasteiger charge is -2.32. The van der Waals surface area contributed by atoms with Gasteiger partial charge >= 0.3 is 0 Å². The minimum absolute atomic E-state index is 0.0112. The Morgan fingerprint density at radius 1 is 1.23 bits per heavy atom. The molecule has 1 fully saturated rings. The second-order valence-corrected chi connectivity index (χ2v) is 9.53. The molecule has 0 radical (unpaired) electrons. The number of fused-ring (bicyclic) bond motifs is 1. The highest BCUT2D eigenvalue weighted by Crippen LogP contribution is 2.30. The molecule has 4 rings (SSSR count). The summed E-state index contributed by atoms with van der Waals surface area (Å²) in [5.74, 6) is 0.726. The number of carbonyl (C=O) groups excluding carboxylic acids is 1. The van der Waals surface area contributed by atoms with Crippen LogP contribution in [-0.4, -0.2) is 70.9 Å². The summed E-state index contributed by atoms with van der Waals surface area (Å²) < 4.78 is 11.7. The third-order valence-corrected chi connectivity index (χ3v) is 6.44. The molecule has 0 aliphatic carbocycles. The monoisotopic (exact) mass is 480 g/mol. The molecule has 188 valence electrons. The number of benzene rings is 1. The van der Waals surface area contributed by atoms with E-state index in [4.69, 9.17) is 9.47 Å². The maximum Gasteiger partial charge on any atom is 0.264 e. The lowest BCUT2D eigenvalue weighted by molar-refractivity contribution is -0.144. The SMILES string of the molecule is CC(C)C(Oc1cccc2c(C[C@@H](C)NC[C@H](O)c3cccnc3)c[nH]c12)C(=O)N1CCOCC1. The second-order valence-electron chi connectivity index (χ2n) is 9.53. The van der Waals surface area contributed by atoms with Gasteiger partial charge in [0, 0.05) is 55.2 Å². The van der Waals surface area contributed by atoms with E-state index in [0.717, 1.165) is 28.5 Å². The van der Waals surface area contributed by atoms with E-state index in [9.17, 15) is 9.90 Å². The molecule has 8 nitrogen and oxygen atoms in total. The van der Waals surface area contributed by atoms with E-state index >= 15 is 0 Å². The molecule has 1 amide bonds. The molecular formula is C27H36N4O4. The molecule has 8 heteroatoms. The molecule has 3 aromatic rings. The first-order chi connectivity index (χ1) is 16.9. The Balaban J connectivity index is 1.43. The number of aromatic nitrogens is 2. The molecule has 0 spiro atoms. The minimum atomic E-state index is -0.605. The van der Waals surface area contributed by atoms with Crippen LogP contribution in [0.4, 0.5) is 0 Å². The fourth-order valence-electron chi connectivity index (χ4n) is 4.43. The van der Waals surface area contributed by atoms with Crippen LogP contribution in [0.1, 0.15) is 38.0 Å². The van der Waals surface area contributed by atoms with Crippen LogP contribution in [0.5, 0.6) is 5.75 Å². The van der Waals surface area contributed by atoms with E-state index in [0.29, 0.717) is 38.6 Å². The molecule has 3 heterocycles. The fraction of sp³-hybridized carbons (Fsp3) is 0.481. The van der Waals surface area contributed by atoms with Gasteiger partial charge < -0.3 is 29.8 Å². The van der Waals surface area contributed by atoms with Crippen LogP contribution in [0.2, 0.25) is 0 Å². The summed E-state index contributed by atoms with van der Waals surface area (Å²) in [6.45, 7) is 8.90. The number of aromatic amines is 1. The molecule has 1 aliphatic rings. The number of nitrogens with zero attached hydrogens (tertiary/aromatic N) is 2. The smallest absolute Gasteiger partial charge is 0.264 e. The number of H-pyrrole nitrogens is 1. The average molecular weight is 481 g/mol. The predicted octanol–water partition coefficient (Wildman–Crippen LogP) is 3.08. The number of aliphatic hydroxyl groups is 1. The Kier molecular flexibility index (Phi) is 8.38. The number of amides is 1. The van der Waals surface area contributed by atoms with Crippen LogP contribution < -0.4 is 10.1 Å². The van der Waals surface area contributed by atoms with Crippen LogP contribution >= 0.6 is 0 Å². The van der Waals surface area contributed by atoms with E-state index in [1.807, 2.05) is 49.2 Å². The molecule has 35 heavy (non-hydrogen) atoms.